The SMILES string of the molecule is CCCCCCCCCCCC(=O)OC[C@H](COC(=O)CCCCCCCCCCCCC(C)CC)OC(=O)CCCCCCCCCCCCCC(C)C. The number of unbranched alkanes of at least 4 members (excludes halogenated alkanes) is 27. The molecule has 0 aliphatic carbocycles. The van der Waals surface area contributed by atoms with E-state index in [0.717, 1.165) is 69.6 Å². The molecule has 0 saturated heterocycles. The van der Waals surface area contributed by atoms with E-state index in [1.54, 1.807) is 0 Å². The van der Waals surface area contributed by atoms with Crippen molar-refractivity contribution in [1.82, 2.24) is 0 Å². The molecule has 0 aromatic heterocycles. The van der Waals surface area contributed by atoms with Gasteiger partial charge in [-0.05, 0) is 31.1 Å². The van der Waals surface area contributed by atoms with Gasteiger partial charge in [-0.25, -0.2) is 0 Å². The first-order chi connectivity index (χ1) is 26.8. The minimum atomic E-state index is -0.760. The van der Waals surface area contributed by atoms with Gasteiger partial charge in [0.1, 0.15) is 13.2 Å². The van der Waals surface area contributed by atoms with Gasteiger partial charge in [0.25, 0.3) is 0 Å². The van der Waals surface area contributed by atoms with Crippen LogP contribution in [0.5, 0.6) is 0 Å². The van der Waals surface area contributed by atoms with Gasteiger partial charge in [0, 0.05) is 19.3 Å². The van der Waals surface area contributed by atoms with E-state index in [1.807, 2.05) is 0 Å². The monoisotopic (exact) mass is 779 g/mol. The van der Waals surface area contributed by atoms with Gasteiger partial charge in [0.15, 0.2) is 6.10 Å². The van der Waals surface area contributed by atoms with Gasteiger partial charge in [-0.2, -0.15) is 0 Å². The Morgan fingerprint density at radius 3 is 1.04 bits per heavy atom. The molecule has 326 valence electrons. The molecule has 0 bridgehead atoms. The lowest BCUT2D eigenvalue weighted by Crippen LogP contribution is -2.30. The highest BCUT2D eigenvalue weighted by Gasteiger charge is 2.19. The van der Waals surface area contributed by atoms with Crippen molar-refractivity contribution < 1.29 is 28.6 Å². The zero-order valence-corrected chi connectivity index (χ0v) is 37.6. The molecule has 6 nitrogen and oxygen atoms in total. The Kier molecular flexibility index (Phi) is 40.8. The molecule has 0 heterocycles. The molecule has 0 fully saturated rings. The molecule has 0 aromatic carbocycles. The Morgan fingerprint density at radius 1 is 0.382 bits per heavy atom. The fourth-order valence-electron chi connectivity index (χ4n) is 7.25. The molecular formula is C49H94O6. The summed E-state index contributed by atoms with van der Waals surface area (Å²) in [5, 5.41) is 0. The number of carbonyl (C=O) groups excluding carboxylic acids is 3. The zero-order valence-electron chi connectivity index (χ0n) is 37.6. The topological polar surface area (TPSA) is 78.9 Å². The van der Waals surface area contributed by atoms with Gasteiger partial charge in [-0.3, -0.25) is 14.4 Å². The molecule has 0 aliphatic rings. The first-order valence-electron chi connectivity index (χ1n) is 24.3. The summed E-state index contributed by atoms with van der Waals surface area (Å²) in [6.07, 6.45) is 40.8. The van der Waals surface area contributed by atoms with Crippen LogP contribution in [0.15, 0.2) is 0 Å². The van der Waals surface area contributed by atoms with Crippen molar-refractivity contribution in [3.63, 3.8) is 0 Å². The van der Waals surface area contributed by atoms with Crippen molar-refractivity contribution >= 4 is 17.9 Å². The van der Waals surface area contributed by atoms with E-state index >= 15 is 0 Å². The third kappa shape index (κ3) is 41.9. The number of hydrogen-bond donors (Lipinski definition) is 0. The number of ether oxygens (including phenoxy) is 3. The number of esters is 3. The van der Waals surface area contributed by atoms with E-state index in [4.69, 9.17) is 14.2 Å². The molecule has 0 N–H and O–H groups in total. The Balaban J connectivity index is 4.31. The Morgan fingerprint density at radius 2 is 0.691 bits per heavy atom. The highest BCUT2D eigenvalue weighted by atomic mass is 16.6. The fraction of sp³-hybridized carbons (Fsp3) is 0.939. The van der Waals surface area contributed by atoms with E-state index in [-0.39, 0.29) is 31.1 Å². The maximum Gasteiger partial charge on any atom is 0.306 e. The fourth-order valence-corrected chi connectivity index (χ4v) is 7.25. The zero-order chi connectivity index (χ0) is 40.5. The average Bonchev–Trinajstić information content (AvgIpc) is 3.17. The smallest absolute Gasteiger partial charge is 0.306 e. The Bertz CT molecular complexity index is 841. The molecule has 0 spiro atoms. The van der Waals surface area contributed by atoms with Crippen LogP contribution in [0, 0.1) is 11.8 Å². The number of carbonyl (C=O) groups is 3. The quantitative estimate of drug-likeness (QED) is 0.0348. The molecule has 0 aromatic rings. The van der Waals surface area contributed by atoms with E-state index in [2.05, 4.69) is 34.6 Å². The van der Waals surface area contributed by atoms with Gasteiger partial charge in [0.05, 0.1) is 0 Å². The molecule has 0 rings (SSSR count). The lowest BCUT2D eigenvalue weighted by molar-refractivity contribution is -0.167. The summed E-state index contributed by atoms with van der Waals surface area (Å²) in [7, 11) is 0. The summed E-state index contributed by atoms with van der Waals surface area (Å²) in [6.45, 7) is 11.4. The molecule has 0 radical (unpaired) electrons. The Hall–Kier alpha value is -1.59. The standard InChI is InChI=1S/C49H94O6/c1-6-8-9-10-11-17-24-29-34-39-47(50)53-42-46(55-49(52)41-36-31-26-21-14-12-13-18-22-27-32-37-44(3)4)43-54-48(51)40-35-30-25-20-16-15-19-23-28-33-38-45(5)7-2/h44-46H,6-43H2,1-5H3/t45?,46-/m1/s1. The summed E-state index contributed by atoms with van der Waals surface area (Å²) >= 11 is 0. The predicted octanol–water partition coefficient (Wildman–Crippen LogP) is 15.4. The number of hydrogen-bond acceptors (Lipinski definition) is 6. The van der Waals surface area contributed by atoms with Crippen LogP contribution in [-0.4, -0.2) is 37.2 Å². The average molecular weight is 779 g/mol. The van der Waals surface area contributed by atoms with Crippen LogP contribution >= 0.6 is 0 Å². The van der Waals surface area contributed by atoms with Crippen LogP contribution < -0.4 is 0 Å². The first kappa shape index (κ1) is 53.4. The van der Waals surface area contributed by atoms with Gasteiger partial charge in [-0.1, -0.05) is 227 Å². The van der Waals surface area contributed by atoms with Gasteiger partial charge in [-0.15, -0.1) is 0 Å². The van der Waals surface area contributed by atoms with Crippen molar-refractivity contribution in [3.8, 4) is 0 Å². The maximum absolute atomic E-state index is 12.7. The van der Waals surface area contributed by atoms with Crippen molar-refractivity contribution in [2.45, 2.75) is 272 Å². The second-order valence-electron chi connectivity index (χ2n) is 17.5. The molecule has 55 heavy (non-hydrogen) atoms. The largest absolute Gasteiger partial charge is 0.462 e. The van der Waals surface area contributed by atoms with Crippen molar-refractivity contribution in [3.05, 3.63) is 0 Å². The van der Waals surface area contributed by atoms with Crippen LogP contribution in [0.25, 0.3) is 0 Å². The molecule has 0 aliphatic heterocycles. The van der Waals surface area contributed by atoms with Crippen molar-refractivity contribution in [2.24, 2.45) is 11.8 Å². The third-order valence-electron chi connectivity index (χ3n) is 11.3. The molecule has 0 saturated carbocycles. The van der Waals surface area contributed by atoms with Crippen molar-refractivity contribution in [1.29, 1.82) is 0 Å². The van der Waals surface area contributed by atoms with Gasteiger partial charge in [0.2, 0.25) is 0 Å². The third-order valence-corrected chi connectivity index (χ3v) is 11.3. The summed E-state index contributed by atoms with van der Waals surface area (Å²) in [5.41, 5.74) is 0. The second kappa shape index (κ2) is 42.0. The summed E-state index contributed by atoms with van der Waals surface area (Å²) < 4.78 is 16.7. The maximum atomic E-state index is 12.7. The van der Waals surface area contributed by atoms with Crippen LogP contribution in [0.3, 0.4) is 0 Å². The van der Waals surface area contributed by atoms with E-state index < -0.39 is 6.10 Å². The summed E-state index contributed by atoms with van der Waals surface area (Å²) in [6, 6.07) is 0. The summed E-state index contributed by atoms with van der Waals surface area (Å²) in [4.78, 5) is 37.8. The lowest BCUT2D eigenvalue weighted by Gasteiger charge is -2.18. The normalized spacial score (nSPS) is 12.5. The predicted molar refractivity (Wildman–Crippen MR) is 233 cm³/mol. The highest BCUT2D eigenvalue weighted by molar-refractivity contribution is 5.71. The van der Waals surface area contributed by atoms with Crippen LogP contribution in [-0.2, 0) is 28.6 Å². The highest BCUT2D eigenvalue weighted by Crippen LogP contribution is 2.17. The lowest BCUT2D eigenvalue weighted by atomic mass is 9.99. The molecule has 1 unspecified atom stereocenters. The molecule has 0 amide bonds. The Labute approximate surface area is 342 Å². The molecular weight excluding hydrogens is 685 g/mol. The first-order valence-corrected chi connectivity index (χ1v) is 24.3. The van der Waals surface area contributed by atoms with Crippen molar-refractivity contribution in [2.75, 3.05) is 13.2 Å². The minimum absolute atomic E-state index is 0.0645. The van der Waals surface area contributed by atoms with Crippen LogP contribution in [0.1, 0.15) is 266 Å². The number of rotatable bonds is 43. The van der Waals surface area contributed by atoms with E-state index in [1.165, 1.54) is 154 Å². The van der Waals surface area contributed by atoms with E-state index in [9.17, 15) is 14.4 Å². The van der Waals surface area contributed by atoms with E-state index in [0.29, 0.717) is 19.3 Å². The second-order valence-corrected chi connectivity index (χ2v) is 17.5. The van der Waals surface area contributed by atoms with Gasteiger partial charge >= 0.3 is 17.9 Å². The van der Waals surface area contributed by atoms with Crippen LogP contribution in [0.2, 0.25) is 0 Å². The minimum Gasteiger partial charge on any atom is -0.462 e. The van der Waals surface area contributed by atoms with Gasteiger partial charge < -0.3 is 14.2 Å². The van der Waals surface area contributed by atoms with Crippen LogP contribution in [0.4, 0.5) is 0 Å². The summed E-state index contributed by atoms with van der Waals surface area (Å²) in [5.74, 6) is 0.839. The molecule has 2 atom stereocenters. The molecule has 6 heteroatoms.